The van der Waals surface area contributed by atoms with Crippen LogP contribution in [0.1, 0.15) is 22.3 Å². The number of halogens is 1. The number of alkyl halides is 1. The first kappa shape index (κ1) is 28.5. The molecule has 40 heavy (non-hydrogen) atoms. The van der Waals surface area contributed by atoms with E-state index in [0.29, 0.717) is 33.0 Å². The van der Waals surface area contributed by atoms with Gasteiger partial charge < -0.3 is 23.7 Å². The standard InChI is InChI=1S/C34H35ClO5/c35-34-33(39-24-29-19-11-4-12-20-29)32(38-23-28-17-9-3-10-18-28)31(37-22-27-15-7-2-8-16-27)30(40-34)25-36-21-26-13-5-1-6-14-26/h1-20,30-34H,21-25H2/t30?,31-,32-,33?,34-/m1/s1. The molecule has 5 atom stereocenters. The molecule has 2 unspecified atom stereocenters. The lowest BCUT2D eigenvalue weighted by Crippen LogP contribution is -2.59. The van der Waals surface area contributed by atoms with Crippen LogP contribution in [0.4, 0.5) is 0 Å². The average Bonchev–Trinajstić information content (AvgIpc) is 3.01. The largest absolute Gasteiger partial charge is 0.374 e. The molecule has 0 saturated carbocycles. The predicted octanol–water partition coefficient (Wildman–Crippen LogP) is 6.92. The molecule has 208 valence electrons. The molecule has 6 heteroatoms. The third-order valence-electron chi connectivity index (χ3n) is 6.83. The van der Waals surface area contributed by atoms with Gasteiger partial charge in [-0.15, -0.1) is 0 Å². The number of rotatable bonds is 13. The highest BCUT2D eigenvalue weighted by Gasteiger charge is 2.47. The van der Waals surface area contributed by atoms with Gasteiger partial charge in [0.25, 0.3) is 0 Å². The number of hydrogen-bond donors (Lipinski definition) is 0. The van der Waals surface area contributed by atoms with E-state index in [4.69, 9.17) is 35.3 Å². The van der Waals surface area contributed by atoms with E-state index in [2.05, 4.69) is 0 Å². The molecule has 0 aromatic heterocycles. The Morgan fingerprint density at radius 1 is 0.475 bits per heavy atom. The third-order valence-corrected chi connectivity index (χ3v) is 7.18. The number of ether oxygens (including phenoxy) is 5. The van der Waals surface area contributed by atoms with Crippen LogP contribution >= 0.6 is 11.6 Å². The van der Waals surface area contributed by atoms with Crippen LogP contribution in [0.5, 0.6) is 0 Å². The molecule has 1 aliphatic heterocycles. The maximum Gasteiger partial charge on any atom is 0.160 e. The Kier molecular flexibility index (Phi) is 10.8. The van der Waals surface area contributed by atoms with Crippen molar-refractivity contribution in [2.24, 2.45) is 0 Å². The third kappa shape index (κ3) is 8.24. The Labute approximate surface area is 241 Å². The SMILES string of the molecule is Cl[C@@H]1OC(COCc2ccccc2)[C@@H](OCc2ccccc2)[C@@H](OCc2ccccc2)C1OCc1ccccc1. The number of benzene rings is 4. The van der Waals surface area contributed by atoms with Crippen molar-refractivity contribution in [3.8, 4) is 0 Å². The van der Waals surface area contributed by atoms with E-state index in [9.17, 15) is 0 Å². The Hall–Kier alpha value is -3.03. The van der Waals surface area contributed by atoms with Gasteiger partial charge in [-0.2, -0.15) is 0 Å². The number of hydrogen-bond acceptors (Lipinski definition) is 5. The summed E-state index contributed by atoms with van der Waals surface area (Å²) in [5.41, 5.74) is 3.50. The Morgan fingerprint density at radius 2 is 0.850 bits per heavy atom. The highest BCUT2D eigenvalue weighted by molar-refractivity contribution is 6.20. The lowest BCUT2D eigenvalue weighted by atomic mass is 9.99. The van der Waals surface area contributed by atoms with Crippen LogP contribution in [-0.4, -0.2) is 36.6 Å². The first-order valence-electron chi connectivity index (χ1n) is 13.6. The van der Waals surface area contributed by atoms with Crippen LogP contribution in [0.25, 0.3) is 0 Å². The molecule has 0 spiro atoms. The van der Waals surface area contributed by atoms with Crippen molar-refractivity contribution in [3.05, 3.63) is 144 Å². The normalized spacial score (nSPS) is 22.7. The van der Waals surface area contributed by atoms with E-state index in [1.165, 1.54) is 0 Å². The zero-order chi connectivity index (χ0) is 27.4. The zero-order valence-corrected chi connectivity index (χ0v) is 23.1. The summed E-state index contributed by atoms with van der Waals surface area (Å²) in [5, 5.41) is 0. The highest BCUT2D eigenvalue weighted by Crippen LogP contribution is 2.32. The quantitative estimate of drug-likeness (QED) is 0.167. The molecule has 1 fully saturated rings. The summed E-state index contributed by atoms with van der Waals surface area (Å²) in [5.74, 6) is 0. The van der Waals surface area contributed by atoms with Crippen LogP contribution in [0.2, 0.25) is 0 Å². The van der Waals surface area contributed by atoms with Gasteiger partial charge in [0, 0.05) is 0 Å². The molecule has 5 nitrogen and oxygen atoms in total. The summed E-state index contributed by atoms with van der Waals surface area (Å²) in [6, 6.07) is 40.2. The van der Waals surface area contributed by atoms with Crippen LogP contribution in [-0.2, 0) is 50.1 Å². The second kappa shape index (κ2) is 15.1. The van der Waals surface area contributed by atoms with Crippen LogP contribution in [0.3, 0.4) is 0 Å². The summed E-state index contributed by atoms with van der Waals surface area (Å²) in [6.45, 7) is 1.93. The molecule has 0 amide bonds. The summed E-state index contributed by atoms with van der Waals surface area (Å²) in [6.07, 6.45) is -1.98. The van der Waals surface area contributed by atoms with E-state index in [0.717, 1.165) is 22.3 Å². The van der Waals surface area contributed by atoms with E-state index in [-0.39, 0.29) is 0 Å². The molecule has 1 saturated heterocycles. The van der Waals surface area contributed by atoms with Crippen LogP contribution < -0.4 is 0 Å². The second-order valence-electron chi connectivity index (χ2n) is 9.81. The van der Waals surface area contributed by atoms with Gasteiger partial charge in [-0.3, -0.25) is 0 Å². The van der Waals surface area contributed by atoms with Crippen molar-refractivity contribution < 1.29 is 23.7 Å². The maximum absolute atomic E-state index is 6.86. The lowest BCUT2D eigenvalue weighted by molar-refractivity contribution is -0.256. The van der Waals surface area contributed by atoms with Crippen molar-refractivity contribution >= 4 is 11.6 Å². The van der Waals surface area contributed by atoms with E-state index >= 15 is 0 Å². The fourth-order valence-electron chi connectivity index (χ4n) is 4.73. The molecule has 1 aliphatic rings. The zero-order valence-electron chi connectivity index (χ0n) is 22.4. The van der Waals surface area contributed by atoms with Crippen molar-refractivity contribution in [2.75, 3.05) is 6.61 Å². The first-order chi connectivity index (χ1) is 19.8. The molecule has 0 radical (unpaired) electrons. The van der Waals surface area contributed by atoms with Gasteiger partial charge in [-0.05, 0) is 22.3 Å². The van der Waals surface area contributed by atoms with E-state index in [1.54, 1.807) is 0 Å². The summed E-state index contributed by atoms with van der Waals surface area (Å²) in [4.78, 5) is 0. The highest BCUT2D eigenvalue weighted by atomic mass is 35.5. The Bertz CT molecular complexity index is 1240. The van der Waals surface area contributed by atoms with Crippen molar-refractivity contribution in [3.63, 3.8) is 0 Å². The maximum atomic E-state index is 6.86. The molecule has 0 N–H and O–H groups in total. The van der Waals surface area contributed by atoms with Crippen molar-refractivity contribution in [1.82, 2.24) is 0 Å². The lowest BCUT2D eigenvalue weighted by Gasteiger charge is -2.44. The average molecular weight is 559 g/mol. The van der Waals surface area contributed by atoms with Gasteiger partial charge >= 0.3 is 0 Å². The first-order valence-corrected chi connectivity index (χ1v) is 14.1. The molecular formula is C34H35ClO5. The summed E-state index contributed by atoms with van der Waals surface area (Å²) < 4.78 is 31.9. The van der Waals surface area contributed by atoms with E-state index in [1.807, 2.05) is 121 Å². The summed E-state index contributed by atoms with van der Waals surface area (Å²) >= 11 is 6.86. The molecule has 4 aromatic rings. The van der Waals surface area contributed by atoms with E-state index < -0.39 is 30.0 Å². The van der Waals surface area contributed by atoms with Gasteiger partial charge in [0.2, 0.25) is 0 Å². The van der Waals surface area contributed by atoms with Crippen LogP contribution in [0.15, 0.2) is 121 Å². The predicted molar refractivity (Wildman–Crippen MR) is 156 cm³/mol. The fraction of sp³-hybridized carbons (Fsp3) is 0.294. The molecule has 0 aliphatic carbocycles. The minimum Gasteiger partial charge on any atom is -0.374 e. The molecule has 5 rings (SSSR count). The minimum absolute atomic E-state index is 0.300. The summed E-state index contributed by atoms with van der Waals surface area (Å²) in [7, 11) is 0. The van der Waals surface area contributed by atoms with Crippen LogP contribution in [0, 0.1) is 0 Å². The van der Waals surface area contributed by atoms with Gasteiger partial charge in [-0.1, -0.05) is 133 Å². The van der Waals surface area contributed by atoms with Gasteiger partial charge in [0.05, 0.1) is 33.0 Å². The topological polar surface area (TPSA) is 46.2 Å². The molecule has 4 aromatic carbocycles. The monoisotopic (exact) mass is 558 g/mol. The molecular weight excluding hydrogens is 524 g/mol. The van der Waals surface area contributed by atoms with Gasteiger partial charge in [0.15, 0.2) is 5.56 Å². The fourth-order valence-corrected chi connectivity index (χ4v) is 5.08. The van der Waals surface area contributed by atoms with Gasteiger partial charge in [-0.25, -0.2) is 0 Å². The smallest absolute Gasteiger partial charge is 0.160 e. The second-order valence-corrected chi connectivity index (χ2v) is 10.2. The Balaban J connectivity index is 1.36. The Morgan fingerprint density at radius 3 is 1.30 bits per heavy atom. The minimum atomic E-state index is -0.744. The molecule has 0 bridgehead atoms. The van der Waals surface area contributed by atoms with Crippen molar-refractivity contribution in [1.29, 1.82) is 0 Å². The van der Waals surface area contributed by atoms with Gasteiger partial charge in [0.1, 0.15) is 24.4 Å². The van der Waals surface area contributed by atoms with Crippen molar-refractivity contribution in [2.45, 2.75) is 56.4 Å². The molecule has 1 heterocycles.